The Labute approximate surface area is 131 Å². The molecule has 1 aromatic carbocycles. The average Bonchev–Trinajstić information content (AvgIpc) is 3.24. The second-order valence-electron chi connectivity index (χ2n) is 5.65. The van der Waals surface area contributed by atoms with Crippen LogP contribution in [0.3, 0.4) is 0 Å². The number of nitrogens with zero attached hydrogens (tertiary/aromatic N) is 1. The zero-order valence-electron chi connectivity index (χ0n) is 12.0. The van der Waals surface area contributed by atoms with Crippen LogP contribution >= 0.6 is 0 Å². The lowest BCUT2D eigenvalue weighted by Gasteiger charge is -2.18. The van der Waals surface area contributed by atoms with Crippen molar-refractivity contribution in [1.82, 2.24) is 10.4 Å². The van der Waals surface area contributed by atoms with Crippen molar-refractivity contribution in [3.63, 3.8) is 0 Å². The minimum absolute atomic E-state index is 0.280. The van der Waals surface area contributed by atoms with Gasteiger partial charge >= 0.3 is 0 Å². The molecule has 2 fully saturated rings. The highest BCUT2D eigenvalue weighted by molar-refractivity contribution is 6.07. The van der Waals surface area contributed by atoms with Crippen LogP contribution in [0.2, 0.25) is 0 Å². The highest BCUT2D eigenvalue weighted by Gasteiger charge is 2.61. The van der Waals surface area contributed by atoms with E-state index in [1.807, 2.05) is 6.07 Å². The second-order valence-corrected chi connectivity index (χ2v) is 5.65. The number of carbonyl (C=O) groups is 3. The summed E-state index contributed by atoms with van der Waals surface area (Å²) in [4.78, 5) is 36.6. The summed E-state index contributed by atoms with van der Waals surface area (Å²) < 4.78 is 10.8. The van der Waals surface area contributed by atoms with Crippen LogP contribution in [0, 0.1) is 11.8 Å². The summed E-state index contributed by atoms with van der Waals surface area (Å²) in [5, 5.41) is 0.807. The topological polar surface area (TPSA) is 84.9 Å². The molecule has 0 radical (unpaired) electrons. The summed E-state index contributed by atoms with van der Waals surface area (Å²) in [7, 11) is 0. The molecule has 3 heterocycles. The minimum atomic E-state index is -0.559. The van der Waals surface area contributed by atoms with Crippen LogP contribution in [0.15, 0.2) is 42.5 Å². The summed E-state index contributed by atoms with van der Waals surface area (Å²) >= 11 is 0. The Kier molecular flexibility index (Phi) is 3.16. The quantitative estimate of drug-likeness (QED) is 0.626. The molecule has 4 atom stereocenters. The van der Waals surface area contributed by atoms with E-state index in [9.17, 15) is 14.4 Å². The lowest BCUT2D eigenvalue weighted by atomic mass is 9.85. The van der Waals surface area contributed by atoms with Crippen molar-refractivity contribution in [2.45, 2.75) is 12.2 Å². The van der Waals surface area contributed by atoms with Gasteiger partial charge in [-0.05, 0) is 12.1 Å². The van der Waals surface area contributed by atoms with Gasteiger partial charge in [-0.25, -0.2) is 0 Å². The summed E-state index contributed by atoms with van der Waals surface area (Å²) in [6, 6.07) is 8.82. The number of hydrazine groups is 1. The molecule has 23 heavy (non-hydrogen) atoms. The van der Waals surface area contributed by atoms with Gasteiger partial charge < -0.3 is 9.47 Å². The van der Waals surface area contributed by atoms with Crippen LogP contribution in [0.5, 0.6) is 5.75 Å². The highest BCUT2D eigenvalue weighted by Crippen LogP contribution is 2.44. The van der Waals surface area contributed by atoms with E-state index < -0.39 is 29.6 Å². The van der Waals surface area contributed by atoms with Gasteiger partial charge in [-0.3, -0.25) is 19.8 Å². The molecule has 0 unspecified atom stereocenters. The van der Waals surface area contributed by atoms with Gasteiger partial charge in [0.25, 0.3) is 17.7 Å². The number of imide groups is 1. The number of para-hydroxylation sites is 1. The largest absolute Gasteiger partial charge is 0.484 e. The van der Waals surface area contributed by atoms with Crippen LogP contribution in [-0.2, 0) is 19.1 Å². The number of benzene rings is 1. The van der Waals surface area contributed by atoms with Gasteiger partial charge in [-0.1, -0.05) is 30.4 Å². The number of carbonyl (C=O) groups excluding carboxylic acids is 3. The first-order valence-electron chi connectivity index (χ1n) is 7.34. The Bertz CT molecular complexity index is 672. The van der Waals surface area contributed by atoms with Gasteiger partial charge in [-0.2, -0.15) is 5.01 Å². The van der Waals surface area contributed by atoms with Crippen molar-refractivity contribution < 1.29 is 23.9 Å². The van der Waals surface area contributed by atoms with Crippen LogP contribution in [0.25, 0.3) is 0 Å². The Balaban J connectivity index is 1.39. The standard InChI is InChI=1S/C16H14N2O5/c19-12(8-22-9-4-2-1-3-5-9)17-18-15(20)13-10-6-7-11(23-10)14(13)16(18)21/h1-7,10-11,13-14H,8H2,(H,17,19)/t10-,11+,13-,14-/m0/s1. The van der Waals surface area contributed by atoms with E-state index in [4.69, 9.17) is 9.47 Å². The van der Waals surface area contributed by atoms with Gasteiger partial charge in [0, 0.05) is 0 Å². The fraction of sp³-hybridized carbons (Fsp3) is 0.312. The SMILES string of the molecule is O=C(COc1ccccc1)NN1C(=O)[C@@H]2[C@@H](C1=O)[C@H]1C=C[C@@H]2O1. The molecule has 0 spiro atoms. The number of hydrogen-bond acceptors (Lipinski definition) is 5. The Morgan fingerprint density at radius 2 is 1.70 bits per heavy atom. The maximum Gasteiger partial charge on any atom is 0.276 e. The molecule has 2 saturated heterocycles. The van der Waals surface area contributed by atoms with E-state index in [1.54, 1.807) is 36.4 Å². The molecule has 3 aliphatic heterocycles. The van der Waals surface area contributed by atoms with Gasteiger partial charge in [0.1, 0.15) is 5.75 Å². The summed E-state index contributed by atoms with van der Waals surface area (Å²) in [5.41, 5.74) is 2.33. The first kappa shape index (κ1) is 14.0. The highest BCUT2D eigenvalue weighted by atomic mass is 16.5. The molecule has 1 aromatic rings. The fourth-order valence-electron chi connectivity index (χ4n) is 3.24. The number of nitrogens with one attached hydrogen (secondary N) is 1. The molecule has 7 nitrogen and oxygen atoms in total. The Hall–Kier alpha value is -2.67. The molecular weight excluding hydrogens is 300 g/mol. The molecular formula is C16H14N2O5. The molecule has 0 aliphatic carbocycles. The Morgan fingerprint density at radius 1 is 1.09 bits per heavy atom. The summed E-state index contributed by atoms with van der Waals surface area (Å²) in [6.07, 6.45) is 2.84. The van der Waals surface area contributed by atoms with Crippen molar-refractivity contribution >= 4 is 17.7 Å². The predicted octanol–water partition coefficient (Wildman–Crippen LogP) is 0.0350. The van der Waals surface area contributed by atoms with Crippen LogP contribution in [-0.4, -0.2) is 41.5 Å². The van der Waals surface area contributed by atoms with Crippen molar-refractivity contribution in [2.75, 3.05) is 6.61 Å². The van der Waals surface area contributed by atoms with Gasteiger partial charge in [0.15, 0.2) is 6.61 Å². The molecule has 2 bridgehead atoms. The lowest BCUT2D eigenvalue weighted by molar-refractivity contribution is -0.151. The molecule has 4 rings (SSSR count). The molecule has 1 N–H and O–H groups in total. The smallest absolute Gasteiger partial charge is 0.276 e. The van der Waals surface area contributed by atoms with Crippen molar-refractivity contribution in [1.29, 1.82) is 0 Å². The first-order chi connectivity index (χ1) is 11.1. The number of fused-ring (bicyclic) bond motifs is 5. The fourth-order valence-corrected chi connectivity index (χ4v) is 3.24. The Morgan fingerprint density at radius 3 is 2.30 bits per heavy atom. The van der Waals surface area contributed by atoms with Gasteiger partial charge in [0.05, 0.1) is 24.0 Å². The third-order valence-corrected chi connectivity index (χ3v) is 4.26. The number of rotatable bonds is 4. The van der Waals surface area contributed by atoms with Crippen molar-refractivity contribution in [2.24, 2.45) is 11.8 Å². The second kappa shape index (κ2) is 5.20. The van der Waals surface area contributed by atoms with E-state index >= 15 is 0 Å². The van der Waals surface area contributed by atoms with E-state index in [0.717, 1.165) is 5.01 Å². The third-order valence-electron chi connectivity index (χ3n) is 4.26. The molecule has 3 amide bonds. The van der Waals surface area contributed by atoms with E-state index in [0.29, 0.717) is 5.75 Å². The molecule has 0 saturated carbocycles. The summed E-state index contributed by atoms with van der Waals surface area (Å²) in [6.45, 7) is -0.280. The average molecular weight is 314 g/mol. The van der Waals surface area contributed by atoms with Crippen LogP contribution < -0.4 is 10.2 Å². The molecule has 118 valence electrons. The lowest BCUT2D eigenvalue weighted by Crippen LogP contribution is -2.49. The zero-order chi connectivity index (χ0) is 16.0. The normalized spacial score (nSPS) is 30.7. The zero-order valence-corrected chi connectivity index (χ0v) is 12.0. The molecule has 3 aliphatic rings. The van der Waals surface area contributed by atoms with Crippen molar-refractivity contribution in [3.8, 4) is 5.75 Å². The predicted molar refractivity (Wildman–Crippen MR) is 76.7 cm³/mol. The van der Waals surface area contributed by atoms with E-state index in [2.05, 4.69) is 5.43 Å². The maximum absolute atomic E-state index is 12.3. The minimum Gasteiger partial charge on any atom is -0.484 e. The number of ether oxygens (including phenoxy) is 2. The number of amides is 3. The molecule has 0 aromatic heterocycles. The van der Waals surface area contributed by atoms with Crippen LogP contribution in [0.4, 0.5) is 0 Å². The first-order valence-corrected chi connectivity index (χ1v) is 7.34. The summed E-state index contributed by atoms with van der Waals surface area (Å²) in [5.74, 6) is -1.94. The maximum atomic E-state index is 12.3. The van der Waals surface area contributed by atoms with Crippen molar-refractivity contribution in [3.05, 3.63) is 42.5 Å². The number of hydrogen-bond donors (Lipinski definition) is 1. The van der Waals surface area contributed by atoms with Crippen LogP contribution in [0.1, 0.15) is 0 Å². The van der Waals surface area contributed by atoms with E-state index in [1.165, 1.54) is 0 Å². The molecule has 7 heteroatoms. The third kappa shape index (κ3) is 2.20. The van der Waals surface area contributed by atoms with E-state index in [-0.39, 0.29) is 18.8 Å². The van der Waals surface area contributed by atoms with Gasteiger partial charge in [0.2, 0.25) is 0 Å². The monoisotopic (exact) mass is 314 g/mol. The van der Waals surface area contributed by atoms with Gasteiger partial charge in [-0.15, -0.1) is 0 Å².